The Morgan fingerprint density at radius 3 is 2.81 bits per heavy atom. The molecule has 0 atom stereocenters. The highest BCUT2D eigenvalue weighted by Crippen LogP contribution is 2.27. The summed E-state index contributed by atoms with van der Waals surface area (Å²) >= 11 is 1.43. The van der Waals surface area contributed by atoms with Gasteiger partial charge in [0.1, 0.15) is 10.6 Å². The molecule has 7 heteroatoms. The lowest BCUT2D eigenvalue weighted by molar-refractivity contribution is 0.00852. The van der Waals surface area contributed by atoms with E-state index in [1.165, 1.54) is 11.3 Å². The van der Waals surface area contributed by atoms with Gasteiger partial charge in [0.2, 0.25) is 0 Å². The zero-order valence-electron chi connectivity index (χ0n) is 12.2. The first-order chi connectivity index (χ1) is 9.76. The zero-order valence-corrected chi connectivity index (χ0v) is 13.9. The van der Waals surface area contributed by atoms with Crippen molar-refractivity contribution in [3.63, 3.8) is 0 Å². The fourth-order valence-electron chi connectivity index (χ4n) is 2.32. The van der Waals surface area contributed by atoms with Crippen molar-refractivity contribution in [1.29, 1.82) is 0 Å². The van der Waals surface area contributed by atoms with Crippen molar-refractivity contribution in [2.45, 2.75) is 25.4 Å². The van der Waals surface area contributed by atoms with Gasteiger partial charge < -0.3 is 20.1 Å². The summed E-state index contributed by atoms with van der Waals surface area (Å²) in [5, 5.41) is 1.88. The molecule has 2 N–H and O–H groups in total. The molecule has 1 saturated heterocycles. The molecule has 0 radical (unpaired) electrons. The van der Waals surface area contributed by atoms with Crippen LogP contribution in [-0.2, 0) is 4.74 Å². The third-order valence-corrected chi connectivity index (χ3v) is 4.36. The molecule has 21 heavy (non-hydrogen) atoms. The molecule has 0 saturated carbocycles. The summed E-state index contributed by atoms with van der Waals surface area (Å²) < 4.78 is 11.0. The first-order valence-electron chi connectivity index (χ1n) is 6.98. The number of hydrogen-bond donors (Lipinski definition) is 1. The van der Waals surface area contributed by atoms with Gasteiger partial charge in [-0.1, -0.05) is 0 Å². The molecule has 1 aliphatic heterocycles. The number of nitrogens with two attached hydrogens (primary N) is 1. The number of thiophene rings is 1. The molecular formula is C14H23ClN2O3S. The number of methoxy groups -OCH3 is 1. The fourth-order valence-corrected chi connectivity index (χ4v) is 3.14. The monoisotopic (exact) mass is 334 g/mol. The van der Waals surface area contributed by atoms with Crippen LogP contribution in [0.15, 0.2) is 11.4 Å². The summed E-state index contributed by atoms with van der Waals surface area (Å²) in [6, 6.07) is 1.83. The van der Waals surface area contributed by atoms with E-state index in [1.54, 1.807) is 7.11 Å². The molecule has 1 amide bonds. The number of likely N-dealkylation sites (tertiary alicyclic amines) is 1. The van der Waals surface area contributed by atoms with Gasteiger partial charge in [0.25, 0.3) is 5.91 Å². The normalized spacial score (nSPS) is 15.6. The Hall–Kier alpha value is -0.820. The highest BCUT2D eigenvalue weighted by molar-refractivity contribution is 7.12. The number of nitrogens with zero attached hydrogens (tertiary/aromatic N) is 1. The van der Waals surface area contributed by atoms with Crippen molar-refractivity contribution >= 4 is 29.7 Å². The number of amides is 1. The molecule has 0 aromatic carbocycles. The number of hydrogen-bond acceptors (Lipinski definition) is 5. The standard InChI is InChI=1S/C14H22N2O3S.ClH/c1-18-12-5-10-20-13(12)14(17)16-7-3-11(4-8-16)19-9-2-6-15;/h5,10-11H,2-4,6-9,15H2,1H3;1H. The molecule has 0 bridgehead atoms. The quantitative estimate of drug-likeness (QED) is 0.810. The van der Waals surface area contributed by atoms with Gasteiger partial charge in [-0.25, -0.2) is 0 Å². The van der Waals surface area contributed by atoms with E-state index in [9.17, 15) is 4.79 Å². The van der Waals surface area contributed by atoms with Crippen molar-refractivity contribution < 1.29 is 14.3 Å². The van der Waals surface area contributed by atoms with E-state index < -0.39 is 0 Å². The topological polar surface area (TPSA) is 64.8 Å². The molecule has 1 aromatic rings. The highest BCUT2D eigenvalue weighted by atomic mass is 35.5. The second-order valence-corrected chi connectivity index (χ2v) is 5.74. The smallest absolute Gasteiger partial charge is 0.267 e. The summed E-state index contributed by atoms with van der Waals surface area (Å²) in [6.45, 7) is 2.86. The maximum absolute atomic E-state index is 12.4. The van der Waals surface area contributed by atoms with Gasteiger partial charge in [-0.2, -0.15) is 0 Å². The number of rotatable bonds is 6. The summed E-state index contributed by atoms with van der Waals surface area (Å²) in [6.07, 6.45) is 2.94. The third-order valence-electron chi connectivity index (χ3n) is 3.47. The van der Waals surface area contributed by atoms with Crippen molar-refractivity contribution in [2.24, 2.45) is 5.73 Å². The number of ether oxygens (including phenoxy) is 2. The maximum Gasteiger partial charge on any atom is 0.267 e. The lowest BCUT2D eigenvalue weighted by Gasteiger charge is -2.31. The largest absolute Gasteiger partial charge is 0.495 e. The van der Waals surface area contributed by atoms with Crippen LogP contribution in [0.25, 0.3) is 0 Å². The van der Waals surface area contributed by atoms with Crippen molar-refractivity contribution in [3.8, 4) is 5.75 Å². The van der Waals surface area contributed by atoms with Gasteiger partial charge in [-0.3, -0.25) is 4.79 Å². The average molecular weight is 335 g/mol. The molecule has 5 nitrogen and oxygen atoms in total. The molecule has 2 heterocycles. The van der Waals surface area contributed by atoms with Gasteiger partial charge >= 0.3 is 0 Å². The molecule has 0 aliphatic carbocycles. The second-order valence-electron chi connectivity index (χ2n) is 4.82. The summed E-state index contributed by atoms with van der Waals surface area (Å²) in [7, 11) is 1.59. The van der Waals surface area contributed by atoms with Gasteiger partial charge in [0.05, 0.1) is 13.2 Å². The molecule has 1 aliphatic rings. The minimum Gasteiger partial charge on any atom is -0.495 e. The zero-order chi connectivity index (χ0) is 14.4. The lowest BCUT2D eigenvalue weighted by Crippen LogP contribution is -2.40. The summed E-state index contributed by atoms with van der Waals surface area (Å²) in [5.41, 5.74) is 5.44. The molecule has 1 aromatic heterocycles. The molecule has 0 unspecified atom stereocenters. The maximum atomic E-state index is 12.4. The van der Waals surface area contributed by atoms with Crippen molar-refractivity contribution in [1.82, 2.24) is 4.90 Å². The van der Waals surface area contributed by atoms with E-state index >= 15 is 0 Å². The SMILES string of the molecule is COc1ccsc1C(=O)N1CCC(OCCCN)CC1.Cl. The van der Waals surface area contributed by atoms with E-state index in [4.69, 9.17) is 15.2 Å². The predicted molar refractivity (Wildman–Crippen MR) is 86.7 cm³/mol. The summed E-state index contributed by atoms with van der Waals surface area (Å²) in [4.78, 5) is 15.0. The van der Waals surface area contributed by atoms with E-state index in [1.807, 2.05) is 16.3 Å². The van der Waals surface area contributed by atoms with Crippen LogP contribution in [0.5, 0.6) is 5.75 Å². The van der Waals surface area contributed by atoms with E-state index in [0.29, 0.717) is 23.8 Å². The molecule has 1 fully saturated rings. The molecule has 120 valence electrons. The van der Waals surface area contributed by atoms with Gasteiger partial charge in [-0.05, 0) is 37.3 Å². The Kier molecular flexibility index (Phi) is 8.03. The van der Waals surface area contributed by atoms with Crippen LogP contribution in [-0.4, -0.2) is 50.3 Å². The predicted octanol–water partition coefficient (Wildman–Crippen LogP) is 2.15. The van der Waals surface area contributed by atoms with Crippen LogP contribution < -0.4 is 10.5 Å². The van der Waals surface area contributed by atoms with Crippen LogP contribution in [0.1, 0.15) is 28.9 Å². The Balaban J connectivity index is 0.00000220. The molecular weight excluding hydrogens is 312 g/mol. The van der Waals surface area contributed by atoms with Crippen molar-refractivity contribution in [3.05, 3.63) is 16.3 Å². The van der Waals surface area contributed by atoms with Crippen LogP contribution in [0.2, 0.25) is 0 Å². The first kappa shape index (κ1) is 18.2. The van der Waals surface area contributed by atoms with E-state index in [-0.39, 0.29) is 24.4 Å². The molecule has 2 rings (SSSR count). The van der Waals surface area contributed by atoms with E-state index in [0.717, 1.165) is 32.4 Å². The molecule has 0 spiro atoms. The van der Waals surface area contributed by atoms with Crippen LogP contribution in [0.3, 0.4) is 0 Å². The van der Waals surface area contributed by atoms with Gasteiger partial charge in [0.15, 0.2) is 0 Å². The Morgan fingerprint density at radius 2 is 2.19 bits per heavy atom. The third kappa shape index (κ3) is 4.85. The Labute approximate surface area is 135 Å². The number of carbonyl (C=O) groups is 1. The van der Waals surface area contributed by atoms with Crippen LogP contribution in [0, 0.1) is 0 Å². The lowest BCUT2D eigenvalue weighted by atomic mass is 10.1. The van der Waals surface area contributed by atoms with Crippen LogP contribution >= 0.6 is 23.7 Å². The average Bonchev–Trinajstić information content (AvgIpc) is 2.96. The Bertz CT molecular complexity index is 434. The minimum atomic E-state index is 0. The number of carbonyl (C=O) groups excluding carboxylic acids is 1. The first-order valence-corrected chi connectivity index (χ1v) is 7.86. The Morgan fingerprint density at radius 1 is 1.48 bits per heavy atom. The number of halogens is 1. The van der Waals surface area contributed by atoms with Crippen molar-refractivity contribution in [2.75, 3.05) is 33.4 Å². The van der Waals surface area contributed by atoms with Crippen LogP contribution in [0.4, 0.5) is 0 Å². The van der Waals surface area contributed by atoms with Gasteiger partial charge in [0, 0.05) is 19.7 Å². The fraction of sp³-hybridized carbons (Fsp3) is 0.643. The second kappa shape index (κ2) is 9.25. The van der Waals surface area contributed by atoms with E-state index in [2.05, 4.69) is 0 Å². The minimum absolute atomic E-state index is 0. The summed E-state index contributed by atoms with van der Waals surface area (Å²) in [5.74, 6) is 0.735. The highest BCUT2D eigenvalue weighted by Gasteiger charge is 2.26. The van der Waals surface area contributed by atoms with Gasteiger partial charge in [-0.15, -0.1) is 23.7 Å². The number of piperidine rings is 1.